The Hall–Kier alpha value is -6.36. The summed E-state index contributed by atoms with van der Waals surface area (Å²) in [5.41, 5.74) is 5.03. The maximum absolute atomic E-state index is 13.3. The van der Waals surface area contributed by atoms with Crippen LogP contribution in [0.5, 0.6) is 11.5 Å². The van der Waals surface area contributed by atoms with Crippen molar-refractivity contribution >= 4 is 35.1 Å². The van der Waals surface area contributed by atoms with Crippen molar-refractivity contribution in [2.75, 3.05) is 5.32 Å². The molecular formula is C42H32ClF3N4O6. The average Bonchev–Trinajstić information content (AvgIpc) is 3.19. The van der Waals surface area contributed by atoms with Crippen LogP contribution in [0.1, 0.15) is 45.0 Å². The number of carbonyl (C=O) groups excluding carboxylic acids is 2. The molecule has 14 heteroatoms. The van der Waals surface area contributed by atoms with E-state index in [1.165, 1.54) is 12.1 Å². The van der Waals surface area contributed by atoms with Crippen molar-refractivity contribution in [3.05, 3.63) is 147 Å². The minimum atomic E-state index is -4.59. The zero-order valence-corrected chi connectivity index (χ0v) is 30.1. The van der Waals surface area contributed by atoms with Gasteiger partial charge in [0.1, 0.15) is 24.1 Å². The van der Waals surface area contributed by atoms with E-state index in [4.69, 9.17) is 26.3 Å². The Kier molecular flexibility index (Phi) is 10.7. The quantitative estimate of drug-likeness (QED) is 0.115. The molecule has 0 fully saturated rings. The third-order valence-corrected chi connectivity index (χ3v) is 9.93. The molecule has 56 heavy (non-hydrogen) atoms. The number of carboxylic acids is 1. The molecule has 0 radical (unpaired) electrons. The predicted molar refractivity (Wildman–Crippen MR) is 200 cm³/mol. The fourth-order valence-electron chi connectivity index (χ4n) is 6.59. The summed E-state index contributed by atoms with van der Waals surface area (Å²) in [6, 6.07) is 28.2. The van der Waals surface area contributed by atoms with Crippen LogP contribution in [0.3, 0.4) is 0 Å². The van der Waals surface area contributed by atoms with Crippen molar-refractivity contribution < 1.29 is 42.1 Å². The molecule has 284 valence electrons. The molecule has 1 unspecified atom stereocenters. The number of aliphatic carboxylic acids is 1. The van der Waals surface area contributed by atoms with Gasteiger partial charge in [-0.1, -0.05) is 66.2 Å². The van der Waals surface area contributed by atoms with Crippen molar-refractivity contribution in [2.24, 2.45) is 0 Å². The SMILES string of the molecule is N#Cc1ccc(-c2ccc(C[C@H](NC(=O)C3Cc4cc5c(cc4CN3)O[C@@H](c3ccc(OCc4ccc(Cl)c(C(F)(F)F)c4)cc3)C(=O)N5)C(=O)O)cc2)cc1. The Labute approximate surface area is 323 Å². The number of amides is 2. The van der Waals surface area contributed by atoms with Crippen LogP contribution in [0, 0.1) is 11.3 Å². The zero-order valence-electron chi connectivity index (χ0n) is 29.3. The first-order valence-electron chi connectivity index (χ1n) is 17.4. The summed E-state index contributed by atoms with van der Waals surface area (Å²) < 4.78 is 51.5. The van der Waals surface area contributed by atoms with Crippen molar-refractivity contribution in [1.82, 2.24) is 10.6 Å². The molecule has 10 nitrogen and oxygen atoms in total. The summed E-state index contributed by atoms with van der Waals surface area (Å²) in [5.74, 6) is -1.27. The van der Waals surface area contributed by atoms with Crippen LogP contribution in [-0.2, 0) is 46.6 Å². The molecular weight excluding hydrogens is 749 g/mol. The Morgan fingerprint density at radius 3 is 2.29 bits per heavy atom. The first kappa shape index (κ1) is 37.9. The molecule has 7 rings (SSSR count). The number of ether oxygens (including phenoxy) is 2. The van der Waals surface area contributed by atoms with Crippen LogP contribution in [-0.4, -0.2) is 35.0 Å². The van der Waals surface area contributed by atoms with Gasteiger partial charge < -0.3 is 30.5 Å². The monoisotopic (exact) mass is 780 g/mol. The number of carbonyl (C=O) groups is 3. The van der Waals surface area contributed by atoms with Crippen LogP contribution >= 0.6 is 11.6 Å². The van der Waals surface area contributed by atoms with Gasteiger partial charge in [0.15, 0.2) is 0 Å². The molecule has 2 aliphatic heterocycles. The maximum atomic E-state index is 13.3. The second-order valence-electron chi connectivity index (χ2n) is 13.4. The Morgan fingerprint density at radius 1 is 0.946 bits per heavy atom. The van der Waals surface area contributed by atoms with Gasteiger partial charge in [-0.05, 0) is 88.3 Å². The molecule has 3 atom stereocenters. The number of anilines is 1. The number of nitrogens with one attached hydrogen (secondary N) is 3. The highest BCUT2D eigenvalue weighted by Crippen LogP contribution is 2.39. The largest absolute Gasteiger partial charge is 0.489 e. The molecule has 0 spiro atoms. The minimum absolute atomic E-state index is 0.0708. The fraction of sp³-hybridized carbons (Fsp3) is 0.190. The third kappa shape index (κ3) is 8.47. The van der Waals surface area contributed by atoms with Crippen molar-refractivity contribution in [2.45, 2.75) is 50.4 Å². The predicted octanol–water partition coefficient (Wildman–Crippen LogP) is 7.38. The van der Waals surface area contributed by atoms with E-state index in [1.54, 1.807) is 48.5 Å². The Balaban J connectivity index is 0.955. The molecule has 5 aromatic carbocycles. The first-order valence-corrected chi connectivity index (χ1v) is 17.8. The van der Waals surface area contributed by atoms with E-state index in [2.05, 4.69) is 22.0 Å². The average molecular weight is 781 g/mol. The van der Waals surface area contributed by atoms with Gasteiger partial charge in [0.2, 0.25) is 12.0 Å². The number of nitriles is 1. The number of benzene rings is 5. The zero-order chi connectivity index (χ0) is 39.6. The lowest BCUT2D eigenvalue weighted by Gasteiger charge is -2.31. The van der Waals surface area contributed by atoms with E-state index in [9.17, 15) is 32.7 Å². The van der Waals surface area contributed by atoms with Crippen LogP contribution < -0.4 is 25.4 Å². The minimum Gasteiger partial charge on any atom is -0.489 e. The van der Waals surface area contributed by atoms with Gasteiger partial charge in [-0.2, -0.15) is 18.4 Å². The third-order valence-electron chi connectivity index (χ3n) is 9.60. The number of alkyl halides is 3. The van der Waals surface area contributed by atoms with Gasteiger partial charge in [0.05, 0.1) is 33.9 Å². The van der Waals surface area contributed by atoms with Gasteiger partial charge in [0.25, 0.3) is 5.91 Å². The topological polar surface area (TPSA) is 150 Å². The highest BCUT2D eigenvalue weighted by Gasteiger charge is 2.34. The molecule has 4 N–H and O–H groups in total. The van der Waals surface area contributed by atoms with Crippen molar-refractivity contribution in [1.29, 1.82) is 5.26 Å². The normalized spacial score (nSPS) is 16.6. The van der Waals surface area contributed by atoms with E-state index in [0.29, 0.717) is 34.9 Å². The van der Waals surface area contributed by atoms with Crippen molar-refractivity contribution in [3.63, 3.8) is 0 Å². The molecule has 2 heterocycles. The van der Waals surface area contributed by atoms with E-state index in [1.807, 2.05) is 36.4 Å². The number of hydrogen-bond donors (Lipinski definition) is 4. The molecule has 0 aromatic heterocycles. The summed E-state index contributed by atoms with van der Waals surface area (Å²) in [6.45, 7) is 0.161. The molecule has 0 saturated carbocycles. The smallest absolute Gasteiger partial charge is 0.417 e. The molecule has 2 aliphatic rings. The summed E-state index contributed by atoms with van der Waals surface area (Å²) in [6.07, 6.45) is -5.27. The second kappa shape index (κ2) is 15.8. The van der Waals surface area contributed by atoms with Gasteiger partial charge in [-0.15, -0.1) is 0 Å². The fourth-order valence-corrected chi connectivity index (χ4v) is 6.81. The van der Waals surface area contributed by atoms with E-state index in [-0.39, 0.29) is 25.0 Å². The van der Waals surface area contributed by atoms with Gasteiger partial charge in [-0.3, -0.25) is 9.59 Å². The summed E-state index contributed by atoms with van der Waals surface area (Å²) in [4.78, 5) is 38.7. The standard InChI is InChI=1S/C42H32ClF3N4O6/c43-33-14-5-25(15-32(33)42(44,45)46)22-55-31-12-10-28(11-13-31)38-40(52)49-34-17-29-18-35(48-21-30(29)19-37(34)56-38)39(51)50-36(41(53)54)16-23-1-6-26(7-2-23)27-8-3-24(20-47)4-9-27/h1-15,17,19,35-36,38,48H,16,18,21-22H2,(H,49,52)(H,50,51)(H,53,54)/t35?,36-,38-/m0/s1. The van der Waals surface area contributed by atoms with Crippen LogP contribution in [0.2, 0.25) is 5.02 Å². The summed E-state index contributed by atoms with van der Waals surface area (Å²) in [7, 11) is 0. The Bertz CT molecular complexity index is 2350. The van der Waals surface area contributed by atoms with Gasteiger partial charge in [0, 0.05) is 18.5 Å². The van der Waals surface area contributed by atoms with E-state index >= 15 is 0 Å². The van der Waals surface area contributed by atoms with Crippen molar-refractivity contribution in [3.8, 4) is 28.7 Å². The molecule has 0 bridgehead atoms. The number of rotatable bonds is 10. The summed E-state index contributed by atoms with van der Waals surface area (Å²) >= 11 is 5.71. The number of halogens is 4. The molecule has 2 amide bonds. The molecule has 0 saturated heterocycles. The number of nitrogens with zero attached hydrogens (tertiary/aromatic N) is 1. The summed E-state index contributed by atoms with van der Waals surface area (Å²) in [5, 5.41) is 27.3. The van der Waals surface area contributed by atoms with Gasteiger partial charge in [-0.25, -0.2) is 4.79 Å². The molecule has 0 aliphatic carbocycles. The molecule has 5 aromatic rings. The number of fused-ring (bicyclic) bond motifs is 2. The first-order chi connectivity index (χ1) is 26.8. The number of carboxylic acid groups (broad SMARTS) is 1. The van der Waals surface area contributed by atoms with Crippen LogP contribution in [0.15, 0.2) is 103 Å². The maximum Gasteiger partial charge on any atom is 0.417 e. The van der Waals surface area contributed by atoms with Gasteiger partial charge >= 0.3 is 12.1 Å². The van der Waals surface area contributed by atoms with E-state index < -0.39 is 52.7 Å². The Morgan fingerprint density at radius 2 is 1.62 bits per heavy atom. The second-order valence-corrected chi connectivity index (χ2v) is 13.8. The lowest BCUT2D eigenvalue weighted by Crippen LogP contribution is -2.52. The highest BCUT2D eigenvalue weighted by molar-refractivity contribution is 6.31. The number of hydrogen-bond acceptors (Lipinski definition) is 7. The lowest BCUT2D eigenvalue weighted by atomic mass is 9.93. The van der Waals surface area contributed by atoms with Crippen LogP contribution in [0.4, 0.5) is 18.9 Å². The lowest BCUT2D eigenvalue weighted by molar-refractivity contribution is -0.142. The van der Waals surface area contributed by atoms with E-state index in [0.717, 1.165) is 33.9 Å². The van der Waals surface area contributed by atoms with Crippen LogP contribution in [0.25, 0.3) is 11.1 Å². The highest BCUT2D eigenvalue weighted by atomic mass is 35.5.